The molecule has 0 radical (unpaired) electrons. The lowest BCUT2D eigenvalue weighted by atomic mass is 10.0. The number of methoxy groups -OCH3 is 1. The van der Waals surface area contributed by atoms with Gasteiger partial charge in [-0.2, -0.15) is 0 Å². The van der Waals surface area contributed by atoms with Crippen LogP contribution in [0.5, 0.6) is 0 Å². The zero-order valence-electron chi connectivity index (χ0n) is 16.4. The molecule has 0 bridgehead atoms. The van der Waals surface area contributed by atoms with E-state index in [9.17, 15) is 14.4 Å². The number of carbonyl (C=O) groups is 3. The molecule has 1 aromatic rings. The first-order chi connectivity index (χ1) is 13.5. The average molecular weight is 410 g/mol. The molecule has 28 heavy (non-hydrogen) atoms. The number of carbonyl (C=O) groups excluding carboxylic acids is 3. The van der Waals surface area contributed by atoms with Gasteiger partial charge in [-0.3, -0.25) is 14.5 Å². The van der Waals surface area contributed by atoms with Gasteiger partial charge in [-0.1, -0.05) is 30.7 Å². The van der Waals surface area contributed by atoms with Gasteiger partial charge in [-0.25, -0.2) is 4.79 Å². The second-order valence-corrected chi connectivity index (χ2v) is 7.18. The fourth-order valence-corrected chi connectivity index (χ4v) is 3.44. The van der Waals surface area contributed by atoms with Gasteiger partial charge in [0.2, 0.25) is 11.8 Å². The molecule has 1 N–H and O–H groups in total. The second-order valence-electron chi connectivity index (χ2n) is 6.75. The lowest BCUT2D eigenvalue weighted by Gasteiger charge is -2.38. The molecule has 0 saturated carbocycles. The van der Waals surface area contributed by atoms with E-state index in [1.807, 2.05) is 17.9 Å². The van der Waals surface area contributed by atoms with Crippen molar-refractivity contribution in [3.63, 3.8) is 0 Å². The van der Waals surface area contributed by atoms with Crippen molar-refractivity contribution >= 4 is 29.4 Å². The van der Waals surface area contributed by atoms with Crippen LogP contribution in [0, 0.1) is 0 Å². The highest BCUT2D eigenvalue weighted by Crippen LogP contribution is 2.26. The van der Waals surface area contributed by atoms with Gasteiger partial charge in [0.25, 0.3) is 0 Å². The Morgan fingerprint density at radius 2 is 1.89 bits per heavy atom. The van der Waals surface area contributed by atoms with Crippen molar-refractivity contribution in [1.82, 2.24) is 15.1 Å². The van der Waals surface area contributed by atoms with Crippen molar-refractivity contribution in [3.05, 3.63) is 34.9 Å². The maximum Gasteiger partial charge on any atom is 0.327 e. The normalized spacial score (nSPS) is 15.8. The predicted molar refractivity (Wildman–Crippen MR) is 107 cm³/mol. The summed E-state index contributed by atoms with van der Waals surface area (Å²) in [7, 11) is 1.36. The molecule has 1 aliphatic heterocycles. The van der Waals surface area contributed by atoms with E-state index in [1.165, 1.54) is 7.11 Å². The van der Waals surface area contributed by atoms with E-state index in [2.05, 4.69) is 5.32 Å². The van der Waals surface area contributed by atoms with Crippen molar-refractivity contribution in [2.24, 2.45) is 0 Å². The van der Waals surface area contributed by atoms with E-state index in [0.717, 1.165) is 12.0 Å². The Morgan fingerprint density at radius 3 is 2.50 bits per heavy atom. The topological polar surface area (TPSA) is 79.0 Å². The number of esters is 1. The van der Waals surface area contributed by atoms with Crippen LogP contribution in [-0.2, 0) is 19.1 Å². The van der Waals surface area contributed by atoms with E-state index in [4.69, 9.17) is 16.3 Å². The van der Waals surface area contributed by atoms with Crippen LogP contribution < -0.4 is 5.32 Å². The minimum Gasteiger partial charge on any atom is -0.468 e. The summed E-state index contributed by atoms with van der Waals surface area (Å²) in [6, 6.07) is 6.61. The summed E-state index contributed by atoms with van der Waals surface area (Å²) in [5.74, 6) is -0.487. The van der Waals surface area contributed by atoms with Gasteiger partial charge in [0.05, 0.1) is 7.11 Å². The monoisotopic (exact) mass is 409 g/mol. The Kier molecular flexibility index (Phi) is 8.73. The smallest absolute Gasteiger partial charge is 0.327 e. The van der Waals surface area contributed by atoms with E-state index >= 15 is 0 Å². The molecular weight excluding hydrogens is 382 g/mol. The largest absolute Gasteiger partial charge is 0.468 e. The molecule has 7 nitrogen and oxygen atoms in total. The molecule has 154 valence electrons. The number of halogens is 1. The van der Waals surface area contributed by atoms with Crippen LogP contribution in [0.3, 0.4) is 0 Å². The molecule has 1 aromatic carbocycles. The Bertz CT molecular complexity index is 690. The van der Waals surface area contributed by atoms with Crippen LogP contribution in [0.4, 0.5) is 0 Å². The SMILES string of the molecule is CCCNC(=O)CCC(=O)N1CCN([C@@H](C(=O)OC)c2cccc(Cl)c2)CC1. The highest BCUT2D eigenvalue weighted by atomic mass is 35.5. The van der Waals surface area contributed by atoms with E-state index in [1.54, 1.807) is 23.1 Å². The predicted octanol–water partition coefficient (Wildman–Crippen LogP) is 2.00. The summed E-state index contributed by atoms with van der Waals surface area (Å²) in [6.45, 7) is 4.70. The highest BCUT2D eigenvalue weighted by Gasteiger charge is 2.32. The minimum atomic E-state index is -0.555. The molecule has 0 aromatic heterocycles. The summed E-state index contributed by atoms with van der Waals surface area (Å²) in [6.07, 6.45) is 1.27. The number of ether oxygens (including phenoxy) is 1. The Labute approximate surface area is 171 Å². The van der Waals surface area contributed by atoms with Crippen molar-refractivity contribution in [3.8, 4) is 0 Å². The third-order valence-corrected chi connectivity index (χ3v) is 4.99. The van der Waals surface area contributed by atoms with Gasteiger partial charge in [-0.05, 0) is 24.1 Å². The Hall–Kier alpha value is -2.12. The van der Waals surface area contributed by atoms with Gasteiger partial charge < -0.3 is 15.0 Å². The number of hydrogen-bond acceptors (Lipinski definition) is 5. The zero-order valence-corrected chi connectivity index (χ0v) is 17.2. The van der Waals surface area contributed by atoms with Crippen LogP contribution >= 0.6 is 11.6 Å². The number of rotatable bonds is 8. The molecule has 1 aliphatic rings. The molecule has 1 saturated heterocycles. The van der Waals surface area contributed by atoms with Crippen molar-refractivity contribution in [2.75, 3.05) is 39.8 Å². The third-order valence-electron chi connectivity index (χ3n) is 4.76. The maximum absolute atomic E-state index is 12.4. The molecule has 1 fully saturated rings. The lowest BCUT2D eigenvalue weighted by Crippen LogP contribution is -2.51. The van der Waals surface area contributed by atoms with E-state index in [-0.39, 0.29) is 30.6 Å². The summed E-state index contributed by atoms with van der Waals surface area (Å²) in [5.41, 5.74) is 0.770. The van der Waals surface area contributed by atoms with E-state index in [0.29, 0.717) is 37.7 Å². The van der Waals surface area contributed by atoms with Crippen molar-refractivity contribution < 1.29 is 19.1 Å². The zero-order chi connectivity index (χ0) is 20.5. The molecule has 2 amide bonds. The Balaban J connectivity index is 1.92. The van der Waals surface area contributed by atoms with Crippen LogP contribution in [0.25, 0.3) is 0 Å². The lowest BCUT2D eigenvalue weighted by molar-refractivity contribution is -0.148. The summed E-state index contributed by atoms with van der Waals surface area (Å²) >= 11 is 6.08. The standard InChI is InChI=1S/C20H28ClN3O4/c1-3-9-22-17(25)7-8-18(26)23-10-12-24(13-11-23)19(20(27)28-2)15-5-4-6-16(21)14-15/h4-6,14,19H,3,7-13H2,1-2H3,(H,22,25)/t19-/m1/s1. The first-order valence-electron chi connectivity index (χ1n) is 9.58. The number of amides is 2. The first kappa shape index (κ1) is 22.2. The highest BCUT2D eigenvalue weighted by molar-refractivity contribution is 6.30. The molecule has 0 aliphatic carbocycles. The first-order valence-corrected chi connectivity index (χ1v) is 9.95. The molecule has 0 unspecified atom stereocenters. The molecule has 1 atom stereocenters. The molecular formula is C20H28ClN3O4. The quantitative estimate of drug-likeness (QED) is 0.664. The number of piperazine rings is 1. The van der Waals surface area contributed by atoms with Crippen molar-refractivity contribution in [2.45, 2.75) is 32.2 Å². The second kappa shape index (κ2) is 11.0. The summed E-state index contributed by atoms with van der Waals surface area (Å²) in [4.78, 5) is 40.2. The van der Waals surface area contributed by atoms with Crippen LogP contribution in [0.2, 0.25) is 5.02 Å². The van der Waals surface area contributed by atoms with Crippen LogP contribution in [0.1, 0.15) is 37.8 Å². The van der Waals surface area contributed by atoms with Gasteiger partial charge in [0.15, 0.2) is 0 Å². The van der Waals surface area contributed by atoms with Gasteiger partial charge in [0.1, 0.15) is 6.04 Å². The average Bonchev–Trinajstić information content (AvgIpc) is 2.71. The fourth-order valence-electron chi connectivity index (χ4n) is 3.25. The number of benzene rings is 1. The number of hydrogen-bond donors (Lipinski definition) is 1. The summed E-state index contributed by atoms with van der Waals surface area (Å²) < 4.78 is 4.98. The van der Waals surface area contributed by atoms with Crippen molar-refractivity contribution in [1.29, 1.82) is 0 Å². The van der Waals surface area contributed by atoms with Gasteiger partial charge in [-0.15, -0.1) is 0 Å². The van der Waals surface area contributed by atoms with Crippen LogP contribution in [0.15, 0.2) is 24.3 Å². The molecule has 1 heterocycles. The molecule has 2 rings (SSSR count). The summed E-state index contributed by atoms with van der Waals surface area (Å²) in [5, 5.41) is 3.33. The maximum atomic E-state index is 12.4. The fraction of sp³-hybridized carbons (Fsp3) is 0.550. The van der Waals surface area contributed by atoms with Crippen LogP contribution in [-0.4, -0.2) is 67.4 Å². The third kappa shape index (κ3) is 6.21. The number of nitrogens with one attached hydrogen (secondary N) is 1. The van der Waals surface area contributed by atoms with Gasteiger partial charge in [0, 0.05) is 50.6 Å². The van der Waals surface area contributed by atoms with E-state index < -0.39 is 6.04 Å². The minimum absolute atomic E-state index is 0.0383. The Morgan fingerprint density at radius 1 is 1.18 bits per heavy atom. The van der Waals surface area contributed by atoms with Gasteiger partial charge >= 0.3 is 5.97 Å². The molecule has 8 heteroatoms. The molecule has 0 spiro atoms. The number of nitrogens with zero attached hydrogens (tertiary/aromatic N) is 2.